The lowest BCUT2D eigenvalue weighted by atomic mass is 10.2. The molecule has 1 aromatic heterocycles. The van der Waals surface area contributed by atoms with Crippen molar-refractivity contribution in [3.63, 3.8) is 0 Å². The van der Waals surface area contributed by atoms with Gasteiger partial charge < -0.3 is 10.5 Å². The number of carbonyl (C=O) groups is 1. The predicted molar refractivity (Wildman–Crippen MR) is 63.5 cm³/mol. The van der Waals surface area contributed by atoms with Crippen LogP contribution in [0.15, 0.2) is 36.5 Å². The minimum absolute atomic E-state index is 0.188. The molecule has 0 saturated heterocycles. The first kappa shape index (κ1) is 11.2. The molecule has 2 rings (SSSR count). The summed E-state index contributed by atoms with van der Waals surface area (Å²) in [5.74, 6) is -0.283. The second kappa shape index (κ2) is 4.69. The first-order valence-electron chi connectivity index (χ1n) is 5.16. The largest absolute Gasteiger partial charge is 0.465 e. The van der Waals surface area contributed by atoms with Crippen molar-refractivity contribution in [1.82, 2.24) is 9.78 Å². The third-order valence-corrected chi connectivity index (χ3v) is 2.38. The van der Waals surface area contributed by atoms with E-state index in [0.717, 1.165) is 5.56 Å². The Balaban J connectivity index is 2.21. The maximum atomic E-state index is 11.3. The van der Waals surface area contributed by atoms with Crippen LogP contribution in [0.4, 0.5) is 5.82 Å². The van der Waals surface area contributed by atoms with Gasteiger partial charge in [-0.25, -0.2) is 4.79 Å². The van der Waals surface area contributed by atoms with Crippen LogP contribution < -0.4 is 5.73 Å². The van der Waals surface area contributed by atoms with Crippen LogP contribution in [0.25, 0.3) is 0 Å². The van der Waals surface area contributed by atoms with Crippen LogP contribution in [0, 0.1) is 0 Å². The summed E-state index contributed by atoms with van der Waals surface area (Å²) in [5, 5.41) is 4.07. The Morgan fingerprint density at radius 1 is 1.41 bits per heavy atom. The summed E-state index contributed by atoms with van der Waals surface area (Å²) in [6, 6.07) is 9.80. The molecule has 0 aliphatic carbocycles. The Bertz CT molecular complexity index is 520. The zero-order chi connectivity index (χ0) is 12.3. The van der Waals surface area contributed by atoms with Gasteiger partial charge in [-0.05, 0) is 5.56 Å². The van der Waals surface area contributed by atoms with Crippen LogP contribution >= 0.6 is 0 Å². The molecule has 5 heteroatoms. The molecule has 0 radical (unpaired) electrons. The van der Waals surface area contributed by atoms with E-state index in [9.17, 15) is 4.79 Å². The quantitative estimate of drug-likeness (QED) is 0.808. The SMILES string of the molecule is COC(=O)c1cn(Cc2ccccc2)nc1N. The van der Waals surface area contributed by atoms with E-state index in [0.29, 0.717) is 12.1 Å². The molecule has 0 aliphatic heterocycles. The van der Waals surface area contributed by atoms with Gasteiger partial charge in [0.25, 0.3) is 0 Å². The van der Waals surface area contributed by atoms with E-state index < -0.39 is 5.97 Å². The molecule has 5 nitrogen and oxygen atoms in total. The van der Waals surface area contributed by atoms with Gasteiger partial charge >= 0.3 is 5.97 Å². The van der Waals surface area contributed by atoms with Crippen molar-refractivity contribution >= 4 is 11.8 Å². The second-order valence-electron chi connectivity index (χ2n) is 3.60. The minimum Gasteiger partial charge on any atom is -0.465 e. The van der Waals surface area contributed by atoms with Crippen molar-refractivity contribution in [2.24, 2.45) is 0 Å². The van der Waals surface area contributed by atoms with E-state index in [-0.39, 0.29) is 5.82 Å². The highest BCUT2D eigenvalue weighted by Gasteiger charge is 2.14. The fourth-order valence-electron chi connectivity index (χ4n) is 1.55. The summed E-state index contributed by atoms with van der Waals surface area (Å²) < 4.78 is 6.23. The molecule has 0 fully saturated rings. The van der Waals surface area contributed by atoms with Gasteiger partial charge in [0.2, 0.25) is 0 Å². The molecule has 0 saturated carbocycles. The number of anilines is 1. The Hall–Kier alpha value is -2.30. The van der Waals surface area contributed by atoms with Gasteiger partial charge in [-0.2, -0.15) is 5.10 Å². The highest BCUT2D eigenvalue weighted by molar-refractivity contribution is 5.93. The molecule has 1 heterocycles. The van der Waals surface area contributed by atoms with Crippen LogP contribution in [0.1, 0.15) is 15.9 Å². The van der Waals surface area contributed by atoms with Gasteiger partial charge in [-0.3, -0.25) is 4.68 Å². The van der Waals surface area contributed by atoms with Crippen LogP contribution in [0.2, 0.25) is 0 Å². The molecule has 0 amide bonds. The number of hydrogen-bond acceptors (Lipinski definition) is 4. The lowest BCUT2D eigenvalue weighted by molar-refractivity contribution is 0.0602. The Morgan fingerprint density at radius 3 is 2.76 bits per heavy atom. The van der Waals surface area contributed by atoms with E-state index in [4.69, 9.17) is 5.73 Å². The van der Waals surface area contributed by atoms with Crippen LogP contribution in [0.3, 0.4) is 0 Å². The fourth-order valence-corrected chi connectivity index (χ4v) is 1.55. The molecule has 2 N–H and O–H groups in total. The number of carbonyl (C=O) groups excluding carboxylic acids is 1. The van der Waals surface area contributed by atoms with Crippen molar-refractivity contribution < 1.29 is 9.53 Å². The summed E-state index contributed by atoms with van der Waals surface area (Å²) in [6.45, 7) is 0.571. The smallest absolute Gasteiger partial charge is 0.343 e. The molecule has 0 atom stereocenters. The molecule has 0 spiro atoms. The lowest BCUT2D eigenvalue weighted by Crippen LogP contribution is -2.02. The molecule has 0 unspecified atom stereocenters. The minimum atomic E-state index is -0.471. The zero-order valence-corrected chi connectivity index (χ0v) is 9.46. The van der Waals surface area contributed by atoms with Crippen molar-refractivity contribution in [3.05, 3.63) is 47.7 Å². The van der Waals surface area contributed by atoms with Gasteiger partial charge in [-0.15, -0.1) is 0 Å². The first-order valence-corrected chi connectivity index (χ1v) is 5.16. The van der Waals surface area contributed by atoms with Crippen molar-refractivity contribution in [2.75, 3.05) is 12.8 Å². The Kier molecular flexibility index (Phi) is 3.09. The molecule has 0 aliphatic rings. The van der Waals surface area contributed by atoms with Gasteiger partial charge in [0, 0.05) is 6.20 Å². The van der Waals surface area contributed by atoms with Gasteiger partial charge in [-0.1, -0.05) is 30.3 Å². The fraction of sp³-hybridized carbons (Fsp3) is 0.167. The van der Waals surface area contributed by atoms with Gasteiger partial charge in [0.1, 0.15) is 5.56 Å². The second-order valence-corrected chi connectivity index (χ2v) is 3.60. The van der Waals surface area contributed by atoms with Gasteiger partial charge in [0.05, 0.1) is 13.7 Å². The van der Waals surface area contributed by atoms with E-state index in [2.05, 4.69) is 9.84 Å². The molecule has 1 aromatic carbocycles. The van der Waals surface area contributed by atoms with E-state index in [1.54, 1.807) is 10.9 Å². The van der Waals surface area contributed by atoms with Gasteiger partial charge in [0.15, 0.2) is 5.82 Å². The molecular weight excluding hydrogens is 218 g/mol. The van der Waals surface area contributed by atoms with Crippen molar-refractivity contribution in [1.29, 1.82) is 0 Å². The summed E-state index contributed by atoms with van der Waals surface area (Å²) in [6.07, 6.45) is 1.59. The number of benzene rings is 1. The normalized spacial score (nSPS) is 10.2. The summed E-state index contributed by atoms with van der Waals surface area (Å²) in [4.78, 5) is 11.3. The summed E-state index contributed by atoms with van der Waals surface area (Å²) in [7, 11) is 1.32. The topological polar surface area (TPSA) is 70.1 Å². The number of nitrogens with zero attached hydrogens (tertiary/aromatic N) is 2. The average Bonchev–Trinajstić information content (AvgIpc) is 2.70. The number of ether oxygens (including phenoxy) is 1. The van der Waals surface area contributed by atoms with E-state index in [1.165, 1.54) is 7.11 Å². The number of methoxy groups -OCH3 is 1. The lowest BCUT2D eigenvalue weighted by Gasteiger charge is -2.00. The number of hydrogen-bond donors (Lipinski definition) is 1. The number of rotatable bonds is 3. The Morgan fingerprint density at radius 2 is 2.12 bits per heavy atom. The maximum Gasteiger partial charge on any atom is 0.343 e. The highest BCUT2D eigenvalue weighted by atomic mass is 16.5. The third kappa shape index (κ3) is 2.44. The zero-order valence-electron chi connectivity index (χ0n) is 9.46. The standard InChI is InChI=1S/C12H13N3O2/c1-17-12(16)10-8-15(14-11(10)13)7-9-5-3-2-4-6-9/h2-6,8H,7H2,1H3,(H2,13,14). The average molecular weight is 231 g/mol. The Labute approximate surface area is 98.8 Å². The molecule has 0 bridgehead atoms. The van der Waals surface area contributed by atoms with E-state index >= 15 is 0 Å². The molecule has 2 aromatic rings. The van der Waals surface area contributed by atoms with E-state index in [1.807, 2.05) is 30.3 Å². The van der Waals surface area contributed by atoms with Crippen molar-refractivity contribution in [2.45, 2.75) is 6.54 Å². The first-order chi connectivity index (χ1) is 8.20. The number of nitrogens with two attached hydrogens (primary N) is 1. The third-order valence-electron chi connectivity index (χ3n) is 2.38. The molecule has 17 heavy (non-hydrogen) atoms. The highest BCUT2D eigenvalue weighted by Crippen LogP contribution is 2.11. The monoisotopic (exact) mass is 231 g/mol. The number of aromatic nitrogens is 2. The molecular formula is C12H13N3O2. The maximum absolute atomic E-state index is 11.3. The predicted octanol–water partition coefficient (Wildman–Crippen LogP) is 1.30. The summed E-state index contributed by atoms with van der Waals surface area (Å²) in [5.41, 5.74) is 7.02. The van der Waals surface area contributed by atoms with Crippen LogP contribution in [-0.2, 0) is 11.3 Å². The summed E-state index contributed by atoms with van der Waals surface area (Å²) >= 11 is 0. The number of nitrogen functional groups attached to an aromatic ring is 1. The van der Waals surface area contributed by atoms with Crippen LogP contribution in [0.5, 0.6) is 0 Å². The van der Waals surface area contributed by atoms with Crippen molar-refractivity contribution in [3.8, 4) is 0 Å². The molecule has 88 valence electrons. The number of esters is 1. The van der Waals surface area contributed by atoms with Crippen LogP contribution in [-0.4, -0.2) is 22.9 Å².